The maximum atomic E-state index is 6.19. The quantitative estimate of drug-likeness (QED) is 0.301. The van der Waals surface area contributed by atoms with Crippen LogP contribution in [0.5, 0.6) is 11.5 Å². The highest BCUT2D eigenvalue weighted by Gasteiger charge is 2.10. The third kappa shape index (κ3) is 3.07. The lowest BCUT2D eigenvalue weighted by Gasteiger charge is -2.08. The van der Waals surface area contributed by atoms with Crippen LogP contribution < -0.4 is 4.74 Å². The van der Waals surface area contributed by atoms with Crippen molar-refractivity contribution in [2.45, 2.75) is 0 Å². The molecule has 0 saturated heterocycles. The van der Waals surface area contributed by atoms with Crippen LogP contribution in [0.4, 0.5) is 0 Å². The van der Waals surface area contributed by atoms with Crippen LogP contribution in [0, 0.1) is 0 Å². The first kappa shape index (κ1) is 17.4. The molecule has 0 radical (unpaired) electrons. The maximum absolute atomic E-state index is 6.19. The van der Waals surface area contributed by atoms with Gasteiger partial charge in [0.2, 0.25) is 0 Å². The van der Waals surface area contributed by atoms with Gasteiger partial charge in [-0.3, -0.25) is 4.40 Å². The summed E-state index contributed by atoms with van der Waals surface area (Å²) in [6, 6.07) is 24.2. The first-order chi connectivity index (χ1) is 14.8. The highest BCUT2D eigenvalue weighted by molar-refractivity contribution is 7.38. The Hall–Kier alpha value is -3.48. The van der Waals surface area contributed by atoms with Crippen molar-refractivity contribution in [2.75, 3.05) is 0 Å². The molecule has 0 fully saturated rings. The Balaban J connectivity index is 1.32. The van der Waals surface area contributed by atoms with E-state index in [4.69, 9.17) is 9.72 Å². The molecule has 0 atom stereocenters. The second kappa shape index (κ2) is 7.09. The molecule has 4 nitrogen and oxygen atoms in total. The molecule has 0 spiro atoms. The summed E-state index contributed by atoms with van der Waals surface area (Å²) in [5, 5.41) is 3.09. The Kier molecular flexibility index (Phi) is 4.11. The summed E-state index contributed by atoms with van der Waals surface area (Å²) in [4.78, 5) is 9.31. The van der Waals surface area contributed by atoms with Crippen LogP contribution in [-0.4, -0.2) is 14.4 Å². The lowest BCUT2D eigenvalue weighted by atomic mass is 10.2. The standard InChI is InChI=1S/C24H15N3OS2/c1-2-11-27-18(7-1)15-25-22(27)16-5-3-8-19(13-16)28-20-9-4-6-17(14-20)23-26-21-10-12-29-24(21)30-23/h1-15H. The first-order valence-electron chi connectivity index (χ1n) is 9.48. The molecule has 0 amide bonds. The van der Waals surface area contributed by atoms with Crippen LogP contribution in [0.3, 0.4) is 0 Å². The third-order valence-corrected chi connectivity index (χ3v) is 7.02. The van der Waals surface area contributed by atoms with Gasteiger partial charge in [-0.1, -0.05) is 30.3 Å². The van der Waals surface area contributed by atoms with E-state index >= 15 is 0 Å². The van der Waals surface area contributed by atoms with Crippen molar-refractivity contribution in [1.29, 1.82) is 0 Å². The van der Waals surface area contributed by atoms with Gasteiger partial charge in [0.1, 0.15) is 26.3 Å². The van der Waals surface area contributed by atoms with Crippen LogP contribution in [0.25, 0.3) is 37.0 Å². The number of aromatic nitrogens is 3. The molecule has 0 bridgehead atoms. The van der Waals surface area contributed by atoms with Gasteiger partial charge in [0.25, 0.3) is 0 Å². The number of benzene rings is 2. The molecule has 144 valence electrons. The minimum Gasteiger partial charge on any atom is -0.457 e. The Morgan fingerprint density at radius 1 is 0.833 bits per heavy atom. The van der Waals surface area contributed by atoms with Crippen molar-refractivity contribution in [3.63, 3.8) is 0 Å². The normalized spacial score (nSPS) is 11.3. The predicted molar refractivity (Wildman–Crippen MR) is 124 cm³/mol. The van der Waals surface area contributed by atoms with Gasteiger partial charge >= 0.3 is 0 Å². The summed E-state index contributed by atoms with van der Waals surface area (Å²) in [5.41, 5.74) is 4.20. The van der Waals surface area contributed by atoms with Crippen molar-refractivity contribution in [3.8, 4) is 33.5 Å². The van der Waals surface area contributed by atoms with Crippen molar-refractivity contribution in [1.82, 2.24) is 14.4 Å². The van der Waals surface area contributed by atoms with Crippen molar-refractivity contribution < 1.29 is 4.74 Å². The fourth-order valence-electron chi connectivity index (χ4n) is 3.48. The number of thiazole rings is 1. The molecule has 6 rings (SSSR count). The van der Waals surface area contributed by atoms with Crippen LogP contribution in [0.15, 0.2) is 90.6 Å². The van der Waals surface area contributed by atoms with Crippen LogP contribution in [-0.2, 0) is 0 Å². The molecule has 0 unspecified atom stereocenters. The van der Waals surface area contributed by atoms with Crippen molar-refractivity contribution in [2.24, 2.45) is 0 Å². The van der Waals surface area contributed by atoms with Gasteiger partial charge in [-0.15, -0.1) is 22.7 Å². The van der Waals surface area contributed by atoms with E-state index in [-0.39, 0.29) is 0 Å². The van der Waals surface area contributed by atoms with E-state index in [1.54, 1.807) is 22.7 Å². The maximum Gasteiger partial charge on any atom is 0.144 e. The second-order valence-corrected chi connectivity index (χ2v) is 9.02. The number of hydrogen-bond donors (Lipinski definition) is 0. The average molecular weight is 426 g/mol. The number of fused-ring (bicyclic) bond motifs is 2. The summed E-state index contributed by atoms with van der Waals surface area (Å²) in [6.07, 6.45) is 3.90. The topological polar surface area (TPSA) is 39.4 Å². The molecule has 6 aromatic rings. The smallest absolute Gasteiger partial charge is 0.144 e. The fourth-order valence-corrected chi connectivity index (χ4v) is 5.41. The monoisotopic (exact) mass is 425 g/mol. The van der Waals surface area contributed by atoms with E-state index in [2.05, 4.69) is 26.9 Å². The number of imidazole rings is 1. The zero-order valence-corrected chi connectivity index (χ0v) is 17.4. The van der Waals surface area contributed by atoms with Gasteiger partial charge in [0.15, 0.2) is 0 Å². The predicted octanol–water partition coefficient (Wildman–Crippen LogP) is 7.13. The molecule has 0 aliphatic carbocycles. The molecule has 2 aromatic carbocycles. The summed E-state index contributed by atoms with van der Waals surface area (Å²) >= 11 is 3.44. The minimum absolute atomic E-state index is 0.775. The Labute approximate surface area is 180 Å². The Morgan fingerprint density at radius 2 is 1.67 bits per heavy atom. The zero-order valence-electron chi connectivity index (χ0n) is 15.7. The number of ether oxygens (including phenoxy) is 1. The number of pyridine rings is 1. The fraction of sp³-hybridized carbons (Fsp3) is 0. The molecule has 0 N–H and O–H groups in total. The molecule has 0 aliphatic heterocycles. The van der Waals surface area contributed by atoms with Gasteiger partial charge in [-0.2, -0.15) is 0 Å². The minimum atomic E-state index is 0.775. The van der Waals surface area contributed by atoms with E-state index in [0.29, 0.717) is 0 Å². The average Bonchev–Trinajstić information content (AvgIpc) is 3.49. The van der Waals surface area contributed by atoms with Crippen molar-refractivity contribution >= 4 is 37.7 Å². The molecule has 0 saturated carbocycles. The van der Waals surface area contributed by atoms with Crippen LogP contribution in [0.1, 0.15) is 0 Å². The van der Waals surface area contributed by atoms with Gasteiger partial charge in [-0.25, -0.2) is 9.97 Å². The molecule has 0 aliphatic rings. The molecule has 30 heavy (non-hydrogen) atoms. The lowest BCUT2D eigenvalue weighted by molar-refractivity contribution is 0.483. The highest BCUT2D eigenvalue weighted by Crippen LogP contribution is 2.35. The van der Waals surface area contributed by atoms with Gasteiger partial charge in [-0.05, 0) is 47.8 Å². The number of hydrogen-bond acceptors (Lipinski definition) is 5. The van der Waals surface area contributed by atoms with E-state index in [0.717, 1.165) is 44.5 Å². The molecular weight excluding hydrogens is 410 g/mol. The largest absolute Gasteiger partial charge is 0.457 e. The molecular formula is C24H15N3OS2. The van der Waals surface area contributed by atoms with E-state index in [1.165, 1.54) is 4.01 Å². The van der Waals surface area contributed by atoms with Gasteiger partial charge < -0.3 is 4.74 Å². The van der Waals surface area contributed by atoms with Gasteiger partial charge in [0, 0.05) is 17.3 Å². The summed E-state index contributed by atoms with van der Waals surface area (Å²) in [5.74, 6) is 2.46. The van der Waals surface area contributed by atoms with E-state index < -0.39 is 0 Å². The summed E-state index contributed by atoms with van der Waals surface area (Å²) < 4.78 is 9.51. The lowest BCUT2D eigenvalue weighted by Crippen LogP contribution is -1.90. The summed E-state index contributed by atoms with van der Waals surface area (Å²) in [6.45, 7) is 0. The van der Waals surface area contributed by atoms with E-state index in [1.807, 2.05) is 73.1 Å². The van der Waals surface area contributed by atoms with E-state index in [9.17, 15) is 0 Å². The SMILES string of the molecule is c1cc(Oc2cccc(-c3ncc4ccccn34)c2)cc(-c2nc3ccsc3s2)c1. The number of nitrogens with zero attached hydrogens (tertiary/aromatic N) is 3. The second-order valence-electron chi connectivity index (χ2n) is 6.85. The Morgan fingerprint density at radius 3 is 2.53 bits per heavy atom. The number of rotatable bonds is 4. The zero-order chi connectivity index (χ0) is 19.9. The highest BCUT2D eigenvalue weighted by atomic mass is 32.2. The summed E-state index contributed by atoms with van der Waals surface area (Å²) in [7, 11) is 0. The van der Waals surface area contributed by atoms with Crippen LogP contribution in [0.2, 0.25) is 0 Å². The molecule has 4 aromatic heterocycles. The molecule has 6 heteroatoms. The third-order valence-electron chi connectivity index (χ3n) is 4.87. The van der Waals surface area contributed by atoms with Crippen molar-refractivity contribution in [3.05, 3.63) is 90.6 Å². The number of thiophene rings is 1. The van der Waals surface area contributed by atoms with Gasteiger partial charge in [0.05, 0.1) is 17.2 Å². The molecule has 4 heterocycles. The van der Waals surface area contributed by atoms with Crippen LogP contribution >= 0.6 is 22.7 Å². The first-order valence-corrected chi connectivity index (χ1v) is 11.2. The Bertz CT molecular complexity index is 1470.